The molecule has 2 atom stereocenters. The smallest absolute Gasteiger partial charge is 0.0638 e. The summed E-state index contributed by atoms with van der Waals surface area (Å²) in [5.74, 6) is 0.488. The Morgan fingerprint density at radius 3 is 2.69 bits per heavy atom. The van der Waals surface area contributed by atoms with Gasteiger partial charge in [0.05, 0.1) is 12.3 Å². The first kappa shape index (κ1) is 13.2. The van der Waals surface area contributed by atoms with Crippen LogP contribution in [0.1, 0.15) is 31.5 Å². The Labute approximate surface area is 97.7 Å². The molecule has 0 fully saturated rings. The van der Waals surface area contributed by atoms with E-state index in [-0.39, 0.29) is 12.6 Å². The average Bonchev–Trinajstić information content (AvgIpc) is 2.58. The van der Waals surface area contributed by atoms with Crippen molar-refractivity contribution in [3.8, 4) is 0 Å². The van der Waals surface area contributed by atoms with Crippen molar-refractivity contribution in [1.29, 1.82) is 0 Å². The maximum Gasteiger partial charge on any atom is 0.0638 e. The van der Waals surface area contributed by atoms with Gasteiger partial charge in [0, 0.05) is 31.4 Å². The molecule has 16 heavy (non-hydrogen) atoms. The number of aliphatic hydroxyl groups excluding tert-OH is 1. The maximum atomic E-state index is 9.30. The largest absolute Gasteiger partial charge is 0.395 e. The zero-order chi connectivity index (χ0) is 12.1. The molecular formula is C12H23N3O. The molecule has 4 heteroatoms. The molecule has 1 rings (SSSR count). The van der Waals surface area contributed by atoms with Crippen LogP contribution in [-0.2, 0) is 13.6 Å². The van der Waals surface area contributed by atoms with Gasteiger partial charge in [0.1, 0.15) is 0 Å². The van der Waals surface area contributed by atoms with E-state index in [9.17, 15) is 5.11 Å². The number of hydrogen-bond donors (Lipinski definition) is 2. The predicted molar refractivity (Wildman–Crippen MR) is 65.1 cm³/mol. The Morgan fingerprint density at radius 1 is 1.56 bits per heavy atom. The second kappa shape index (κ2) is 6.01. The summed E-state index contributed by atoms with van der Waals surface area (Å²) in [6.07, 6.45) is 3.09. The van der Waals surface area contributed by atoms with Crippen molar-refractivity contribution in [1.82, 2.24) is 15.1 Å². The van der Waals surface area contributed by atoms with Gasteiger partial charge in [-0.3, -0.25) is 4.68 Å². The molecule has 0 bridgehead atoms. The molecule has 2 unspecified atom stereocenters. The molecule has 2 N–H and O–H groups in total. The molecule has 4 nitrogen and oxygen atoms in total. The highest BCUT2D eigenvalue weighted by molar-refractivity contribution is 5.14. The van der Waals surface area contributed by atoms with Gasteiger partial charge in [-0.1, -0.05) is 20.3 Å². The van der Waals surface area contributed by atoms with Gasteiger partial charge >= 0.3 is 0 Å². The van der Waals surface area contributed by atoms with E-state index in [1.165, 1.54) is 5.56 Å². The van der Waals surface area contributed by atoms with Crippen LogP contribution >= 0.6 is 0 Å². The second-order valence-corrected chi connectivity index (χ2v) is 4.47. The van der Waals surface area contributed by atoms with Crippen LogP contribution in [0.3, 0.4) is 0 Å². The predicted octanol–water partition coefficient (Wildman–Crippen LogP) is 1.23. The molecule has 0 aliphatic rings. The van der Waals surface area contributed by atoms with E-state index in [2.05, 4.69) is 24.3 Å². The van der Waals surface area contributed by atoms with E-state index in [1.54, 1.807) is 0 Å². The lowest BCUT2D eigenvalue weighted by molar-refractivity contribution is 0.201. The van der Waals surface area contributed by atoms with E-state index in [4.69, 9.17) is 0 Å². The number of aromatic nitrogens is 2. The average molecular weight is 225 g/mol. The minimum absolute atomic E-state index is 0.171. The number of hydrogen-bond acceptors (Lipinski definition) is 3. The third kappa shape index (κ3) is 3.32. The summed E-state index contributed by atoms with van der Waals surface area (Å²) >= 11 is 0. The van der Waals surface area contributed by atoms with Gasteiger partial charge in [-0.25, -0.2) is 0 Å². The Balaban J connectivity index is 2.52. The molecule has 0 radical (unpaired) electrons. The SMILES string of the molecule is CCC(C)C(CO)NCc1cn(C)nc1C. The lowest BCUT2D eigenvalue weighted by Crippen LogP contribution is -2.37. The van der Waals surface area contributed by atoms with E-state index in [1.807, 2.05) is 24.9 Å². The van der Waals surface area contributed by atoms with Gasteiger partial charge in [0.15, 0.2) is 0 Å². The standard InChI is InChI=1S/C12H23N3O/c1-5-9(2)12(8-16)13-6-11-7-15(4)14-10(11)3/h7,9,12-13,16H,5-6,8H2,1-4H3. The van der Waals surface area contributed by atoms with Gasteiger partial charge < -0.3 is 10.4 Å². The highest BCUT2D eigenvalue weighted by Gasteiger charge is 2.14. The molecule has 92 valence electrons. The minimum Gasteiger partial charge on any atom is -0.395 e. The van der Waals surface area contributed by atoms with E-state index in [0.29, 0.717) is 5.92 Å². The maximum absolute atomic E-state index is 9.30. The summed E-state index contributed by atoms with van der Waals surface area (Å²) in [4.78, 5) is 0. The van der Waals surface area contributed by atoms with Gasteiger partial charge in [-0.05, 0) is 12.8 Å². The molecule has 0 spiro atoms. The molecular weight excluding hydrogens is 202 g/mol. The third-order valence-corrected chi connectivity index (χ3v) is 3.20. The fraction of sp³-hybridized carbons (Fsp3) is 0.750. The summed E-state index contributed by atoms with van der Waals surface area (Å²) in [5, 5.41) is 17.0. The number of nitrogens with zero attached hydrogens (tertiary/aromatic N) is 2. The van der Waals surface area contributed by atoms with Crippen LogP contribution < -0.4 is 5.32 Å². The van der Waals surface area contributed by atoms with Gasteiger partial charge in [0.25, 0.3) is 0 Å². The molecule has 1 heterocycles. The van der Waals surface area contributed by atoms with Crippen molar-refractivity contribution < 1.29 is 5.11 Å². The van der Waals surface area contributed by atoms with E-state index in [0.717, 1.165) is 18.7 Å². The molecule has 0 amide bonds. The Morgan fingerprint density at radius 2 is 2.25 bits per heavy atom. The van der Waals surface area contributed by atoms with Gasteiger partial charge in [-0.15, -0.1) is 0 Å². The zero-order valence-corrected chi connectivity index (χ0v) is 10.7. The quantitative estimate of drug-likeness (QED) is 0.765. The molecule has 0 aliphatic heterocycles. The van der Waals surface area contributed by atoms with Crippen LogP contribution in [0.25, 0.3) is 0 Å². The van der Waals surface area contributed by atoms with Crippen molar-refractivity contribution in [3.05, 3.63) is 17.5 Å². The number of rotatable bonds is 6. The van der Waals surface area contributed by atoms with Crippen molar-refractivity contribution in [2.45, 2.75) is 39.8 Å². The minimum atomic E-state index is 0.171. The monoisotopic (exact) mass is 225 g/mol. The van der Waals surface area contributed by atoms with E-state index < -0.39 is 0 Å². The van der Waals surface area contributed by atoms with Crippen LogP contribution in [0.2, 0.25) is 0 Å². The molecule has 0 aromatic carbocycles. The lowest BCUT2D eigenvalue weighted by Gasteiger charge is -2.21. The van der Waals surface area contributed by atoms with Crippen LogP contribution in [-0.4, -0.2) is 27.5 Å². The lowest BCUT2D eigenvalue weighted by atomic mass is 10.00. The molecule has 0 aliphatic carbocycles. The Hall–Kier alpha value is -0.870. The fourth-order valence-corrected chi connectivity index (χ4v) is 1.79. The first-order chi connectivity index (χ1) is 7.58. The summed E-state index contributed by atoms with van der Waals surface area (Å²) < 4.78 is 1.82. The van der Waals surface area contributed by atoms with Crippen molar-refractivity contribution in [3.63, 3.8) is 0 Å². The van der Waals surface area contributed by atoms with Crippen LogP contribution in [0, 0.1) is 12.8 Å². The highest BCUT2D eigenvalue weighted by atomic mass is 16.3. The molecule has 0 saturated carbocycles. The summed E-state index contributed by atoms with van der Waals surface area (Å²) in [6, 6.07) is 0.171. The molecule has 0 saturated heterocycles. The van der Waals surface area contributed by atoms with Crippen molar-refractivity contribution >= 4 is 0 Å². The number of aliphatic hydroxyl groups is 1. The number of aryl methyl sites for hydroxylation is 2. The van der Waals surface area contributed by atoms with E-state index >= 15 is 0 Å². The topological polar surface area (TPSA) is 50.1 Å². The van der Waals surface area contributed by atoms with Gasteiger partial charge in [0.2, 0.25) is 0 Å². The van der Waals surface area contributed by atoms with Crippen LogP contribution in [0.5, 0.6) is 0 Å². The Bertz CT molecular complexity index is 322. The fourth-order valence-electron chi connectivity index (χ4n) is 1.79. The van der Waals surface area contributed by atoms with Crippen molar-refractivity contribution in [2.24, 2.45) is 13.0 Å². The first-order valence-electron chi connectivity index (χ1n) is 5.91. The summed E-state index contributed by atoms with van der Waals surface area (Å²) in [5.41, 5.74) is 2.25. The van der Waals surface area contributed by atoms with Crippen molar-refractivity contribution in [2.75, 3.05) is 6.61 Å². The zero-order valence-electron chi connectivity index (χ0n) is 10.7. The summed E-state index contributed by atoms with van der Waals surface area (Å²) in [7, 11) is 1.93. The molecule has 1 aromatic heterocycles. The van der Waals surface area contributed by atoms with Crippen LogP contribution in [0.4, 0.5) is 0 Å². The Kier molecular flexibility index (Phi) is 4.96. The molecule has 1 aromatic rings. The third-order valence-electron chi connectivity index (χ3n) is 3.20. The van der Waals surface area contributed by atoms with Gasteiger partial charge in [-0.2, -0.15) is 5.10 Å². The normalized spacial score (nSPS) is 15.1. The number of nitrogens with one attached hydrogen (secondary N) is 1. The van der Waals surface area contributed by atoms with Crippen LogP contribution in [0.15, 0.2) is 6.20 Å². The second-order valence-electron chi connectivity index (χ2n) is 4.47. The highest BCUT2D eigenvalue weighted by Crippen LogP contribution is 2.09. The summed E-state index contributed by atoms with van der Waals surface area (Å²) in [6.45, 7) is 7.27. The first-order valence-corrected chi connectivity index (χ1v) is 5.91.